The average Bonchev–Trinajstić information content (AvgIpc) is 2.75. The summed E-state index contributed by atoms with van der Waals surface area (Å²) in [6.45, 7) is 7.52. The van der Waals surface area contributed by atoms with Crippen LogP contribution in [0.15, 0.2) is 12.1 Å². The standard InChI is InChI=1S/C13H21NO2S/c1-5-11-6-7-12(17-11)8-14(10(2)3)9-13(15)16-4/h6-7,10H,5,8-9H2,1-4H3. The summed E-state index contributed by atoms with van der Waals surface area (Å²) >= 11 is 1.82. The Morgan fingerprint density at radius 2 is 2.06 bits per heavy atom. The smallest absolute Gasteiger partial charge is 0.319 e. The maximum atomic E-state index is 11.3. The maximum absolute atomic E-state index is 11.3. The molecule has 3 nitrogen and oxygen atoms in total. The molecule has 0 N–H and O–H groups in total. The highest BCUT2D eigenvalue weighted by Crippen LogP contribution is 2.19. The van der Waals surface area contributed by atoms with Gasteiger partial charge in [-0.3, -0.25) is 9.69 Å². The van der Waals surface area contributed by atoms with Crippen molar-refractivity contribution in [3.05, 3.63) is 21.9 Å². The van der Waals surface area contributed by atoms with Crippen LogP contribution in [0.5, 0.6) is 0 Å². The van der Waals surface area contributed by atoms with Crippen molar-refractivity contribution in [2.45, 2.75) is 39.8 Å². The molecule has 0 unspecified atom stereocenters. The zero-order valence-electron chi connectivity index (χ0n) is 11.0. The molecule has 96 valence electrons. The molecular weight excluding hydrogens is 234 g/mol. The van der Waals surface area contributed by atoms with Gasteiger partial charge in [-0.15, -0.1) is 11.3 Å². The molecule has 0 fully saturated rings. The monoisotopic (exact) mass is 255 g/mol. The molecule has 1 aromatic heterocycles. The quantitative estimate of drug-likeness (QED) is 0.732. The van der Waals surface area contributed by atoms with E-state index in [9.17, 15) is 4.79 Å². The maximum Gasteiger partial charge on any atom is 0.319 e. The molecule has 4 heteroatoms. The molecule has 1 aromatic rings. The van der Waals surface area contributed by atoms with Gasteiger partial charge in [-0.25, -0.2) is 0 Å². The van der Waals surface area contributed by atoms with Crippen LogP contribution in [0.25, 0.3) is 0 Å². The zero-order chi connectivity index (χ0) is 12.8. The third-order valence-corrected chi connectivity index (χ3v) is 3.93. The van der Waals surface area contributed by atoms with Gasteiger partial charge in [0.1, 0.15) is 0 Å². The number of rotatable bonds is 6. The second kappa shape index (κ2) is 6.77. The molecule has 17 heavy (non-hydrogen) atoms. The van der Waals surface area contributed by atoms with E-state index in [1.165, 1.54) is 16.9 Å². The van der Waals surface area contributed by atoms with Gasteiger partial charge in [0.15, 0.2) is 0 Å². The summed E-state index contributed by atoms with van der Waals surface area (Å²) in [5, 5.41) is 0. The molecule has 0 aliphatic rings. The number of hydrogen-bond donors (Lipinski definition) is 0. The highest BCUT2D eigenvalue weighted by Gasteiger charge is 2.15. The van der Waals surface area contributed by atoms with Gasteiger partial charge in [0.2, 0.25) is 0 Å². The van der Waals surface area contributed by atoms with E-state index in [2.05, 4.69) is 37.8 Å². The topological polar surface area (TPSA) is 29.5 Å². The van der Waals surface area contributed by atoms with E-state index in [-0.39, 0.29) is 5.97 Å². The van der Waals surface area contributed by atoms with E-state index in [1.54, 1.807) is 0 Å². The summed E-state index contributed by atoms with van der Waals surface area (Å²) in [4.78, 5) is 16.1. The van der Waals surface area contributed by atoms with Crippen LogP contribution in [0.3, 0.4) is 0 Å². The first-order valence-corrected chi connectivity index (χ1v) is 6.77. The third kappa shape index (κ3) is 4.48. The summed E-state index contributed by atoms with van der Waals surface area (Å²) < 4.78 is 4.72. The lowest BCUT2D eigenvalue weighted by atomic mass is 10.3. The fraction of sp³-hybridized carbons (Fsp3) is 0.615. The van der Waals surface area contributed by atoms with E-state index in [0.29, 0.717) is 12.6 Å². The Balaban J connectivity index is 2.63. The lowest BCUT2D eigenvalue weighted by Gasteiger charge is -2.24. The lowest BCUT2D eigenvalue weighted by molar-refractivity contribution is -0.142. The number of ether oxygens (including phenoxy) is 1. The predicted molar refractivity (Wildman–Crippen MR) is 71.3 cm³/mol. The van der Waals surface area contributed by atoms with Gasteiger partial charge in [0.25, 0.3) is 0 Å². The predicted octanol–water partition coefficient (Wildman–Crippen LogP) is 2.69. The molecule has 1 rings (SSSR count). The number of esters is 1. The Hall–Kier alpha value is -0.870. The molecule has 0 amide bonds. The number of hydrogen-bond acceptors (Lipinski definition) is 4. The molecule has 0 aromatic carbocycles. The zero-order valence-corrected chi connectivity index (χ0v) is 11.8. The van der Waals surface area contributed by atoms with Gasteiger partial charge >= 0.3 is 5.97 Å². The van der Waals surface area contributed by atoms with E-state index >= 15 is 0 Å². The van der Waals surface area contributed by atoms with Crippen molar-refractivity contribution >= 4 is 17.3 Å². The molecule has 0 bridgehead atoms. The molecule has 0 spiro atoms. The molecule has 0 saturated heterocycles. The van der Waals surface area contributed by atoms with E-state index in [0.717, 1.165) is 13.0 Å². The minimum atomic E-state index is -0.175. The van der Waals surface area contributed by atoms with E-state index in [4.69, 9.17) is 4.74 Å². The van der Waals surface area contributed by atoms with Crippen molar-refractivity contribution in [3.63, 3.8) is 0 Å². The number of nitrogens with zero attached hydrogens (tertiary/aromatic N) is 1. The average molecular weight is 255 g/mol. The van der Waals surface area contributed by atoms with Crippen molar-refractivity contribution in [1.29, 1.82) is 0 Å². The highest BCUT2D eigenvalue weighted by molar-refractivity contribution is 7.11. The van der Waals surface area contributed by atoms with E-state index < -0.39 is 0 Å². The van der Waals surface area contributed by atoms with Crippen LogP contribution in [0.2, 0.25) is 0 Å². The lowest BCUT2D eigenvalue weighted by Crippen LogP contribution is -2.35. The van der Waals surface area contributed by atoms with Crippen LogP contribution < -0.4 is 0 Å². The van der Waals surface area contributed by atoms with Crippen molar-refractivity contribution in [2.75, 3.05) is 13.7 Å². The second-order valence-electron chi connectivity index (χ2n) is 4.30. The second-order valence-corrected chi connectivity index (χ2v) is 5.55. The van der Waals surface area contributed by atoms with Gasteiger partial charge in [-0.2, -0.15) is 0 Å². The first-order chi connectivity index (χ1) is 8.06. The number of carbonyl (C=O) groups excluding carboxylic acids is 1. The van der Waals surface area contributed by atoms with Crippen molar-refractivity contribution in [3.8, 4) is 0 Å². The van der Waals surface area contributed by atoms with Crippen LogP contribution in [-0.4, -0.2) is 30.6 Å². The Labute approximate surface area is 107 Å². The van der Waals surface area contributed by atoms with Crippen LogP contribution in [0, 0.1) is 0 Å². The first kappa shape index (κ1) is 14.2. The SMILES string of the molecule is CCc1ccc(CN(CC(=O)OC)C(C)C)s1. The van der Waals surface area contributed by atoms with Gasteiger partial charge in [0, 0.05) is 22.3 Å². The number of methoxy groups -OCH3 is 1. The van der Waals surface area contributed by atoms with Crippen molar-refractivity contribution in [2.24, 2.45) is 0 Å². The van der Waals surface area contributed by atoms with Gasteiger partial charge in [0.05, 0.1) is 13.7 Å². The van der Waals surface area contributed by atoms with Gasteiger partial charge < -0.3 is 4.74 Å². The Bertz CT molecular complexity index is 360. The Morgan fingerprint density at radius 1 is 1.41 bits per heavy atom. The number of aryl methyl sites for hydroxylation is 1. The summed E-state index contributed by atoms with van der Waals surface area (Å²) in [5.74, 6) is -0.175. The number of thiophene rings is 1. The summed E-state index contributed by atoms with van der Waals surface area (Å²) in [6.07, 6.45) is 1.07. The van der Waals surface area contributed by atoms with Crippen molar-refractivity contribution < 1.29 is 9.53 Å². The molecule has 0 atom stereocenters. The fourth-order valence-corrected chi connectivity index (χ4v) is 2.53. The Kier molecular flexibility index (Phi) is 5.65. The summed E-state index contributed by atoms with van der Waals surface area (Å²) in [5.41, 5.74) is 0. The molecule has 1 heterocycles. The Morgan fingerprint density at radius 3 is 2.53 bits per heavy atom. The third-order valence-electron chi connectivity index (χ3n) is 2.71. The van der Waals surface area contributed by atoms with Crippen molar-refractivity contribution in [1.82, 2.24) is 4.90 Å². The first-order valence-electron chi connectivity index (χ1n) is 5.95. The van der Waals surface area contributed by atoms with E-state index in [1.807, 2.05) is 11.3 Å². The minimum Gasteiger partial charge on any atom is -0.468 e. The highest BCUT2D eigenvalue weighted by atomic mass is 32.1. The normalized spacial score (nSPS) is 11.2. The van der Waals surface area contributed by atoms with Crippen LogP contribution in [-0.2, 0) is 22.5 Å². The summed E-state index contributed by atoms with van der Waals surface area (Å²) in [6, 6.07) is 4.65. The molecule has 0 aliphatic carbocycles. The van der Waals surface area contributed by atoms with Gasteiger partial charge in [-0.05, 0) is 32.4 Å². The minimum absolute atomic E-state index is 0.175. The largest absolute Gasteiger partial charge is 0.468 e. The molecule has 0 saturated carbocycles. The van der Waals surface area contributed by atoms with Crippen LogP contribution in [0.4, 0.5) is 0 Å². The fourth-order valence-electron chi connectivity index (χ4n) is 1.55. The van der Waals surface area contributed by atoms with Crippen LogP contribution >= 0.6 is 11.3 Å². The van der Waals surface area contributed by atoms with Crippen LogP contribution in [0.1, 0.15) is 30.5 Å². The molecular formula is C13H21NO2S. The number of carbonyl (C=O) groups is 1. The molecule has 0 aliphatic heterocycles. The van der Waals surface area contributed by atoms with Gasteiger partial charge in [-0.1, -0.05) is 6.92 Å². The molecule has 0 radical (unpaired) electrons. The summed E-state index contributed by atoms with van der Waals surface area (Å²) in [7, 11) is 1.43.